The Kier molecular flexibility index (Phi) is 3.92. The third kappa shape index (κ3) is 3.96. The average Bonchev–Trinajstić information content (AvgIpc) is 2.25. The minimum atomic E-state index is -4.74. The SMILES string of the molecule is CC(O)(CO)CNc1nc(N)nc(C(F)(F)F)n1. The minimum Gasteiger partial charge on any atom is -0.393 e. The van der Waals surface area contributed by atoms with Gasteiger partial charge in [-0.05, 0) is 6.92 Å². The highest BCUT2D eigenvalue weighted by Gasteiger charge is 2.35. The predicted molar refractivity (Wildman–Crippen MR) is 55.4 cm³/mol. The molecule has 1 unspecified atom stereocenters. The number of aliphatic hydroxyl groups excluding tert-OH is 1. The molecular formula is C8H12F3N5O2. The van der Waals surface area contributed by atoms with Crippen LogP contribution in [0.5, 0.6) is 0 Å². The topological polar surface area (TPSA) is 117 Å². The van der Waals surface area contributed by atoms with Crippen molar-refractivity contribution < 1.29 is 23.4 Å². The zero-order valence-corrected chi connectivity index (χ0v) is 9.36. The number of aromatic nitrogens is 3. The van der Waals surface area contributed by atoms with Crippen molar-refractivity contribution in [1.29, 1.82) is 0 Å². The summed E-state index contributed by atoms with van der Waals surface area (Å²) in [5, 5.41) is 20.5. The zero-order chi connectivity index (χ0) is 14.0. The van der Waals surface area contributed by atoms with Crippen molar-refractivity contribution in [3.05, 3.63) is 5.82 Å². The maximum atomic E-state index is 12.4. The molecule has 18 heavy (non-hydrogen) atoms. The highest BCUT2D eigenvalue weighted by Crippen LogP contribution is 2.26. The molecule has 102 valence electrons. The van der Waals surface area contributed by atoms with Crippen LogP contribution in [0.2, 0.25) is 0 Å². The van der Waals surface area contributed by atoms with E-state index in [1.54, 1.807) is 0 Å². The summed E-state index contributed by atoms with van der Waals surface area (Å²) in [6, 6.07) is 0. The molecular weight excluding hydrogens is 255 g/mol. The molecule has 0 saturated heterocycles. The van der Waals surface area contributed by atoms with Gasteiger partial charge < -0.3 is 21.3 Å². The van der Waals surface area contributed by atoms with E-state index in [0.717, 1.165) is 0 Å². The van der Waals surface area contributed by atoms with Gasteiger partial charge in [-0.25, -0.2) is 0 Å². The highest BCUT2D eigenvalue weighted by molar-refractivity contribution is 5.32. The van der Waals surface area contributed by atoms with Crippen LogP contribution in [0.15, 0.2) is 0 Å². The summed E-state index contributed by atoms with van der Waals surface area (Å²) in [6.45, 7) is 0.464. The van der Waals surface area contributed by atoms with Crippen LogP contribution in [0.4, 0.5) is 25.1 Å². The van der Waals surface area contributed by atoms with Gasteiger partial charge in [-0.2, -0.15) is 28.1 Å². The van der Waals surface area contributed by atoms with E-state index in [1.807, 2.05) is 0 Å². The van der Waals surface area contributed by atoms with Gasteiger partial charge in [-0.3, -0.25) is 0 Å². The molecule has 0 spiro atoms. The molecule has 1 heterocycles. The van der Waals surface area contributed by atoms with Crippen molar-refractivity contribution in [2.45, 2.75) is 18.7 Å². The first kappa shape index (κ1) is 14.4. The fourth-order valence-electron chi connectivity index (χ4n) is 0.924. The quantitative estimate of drug-likeness (QED) is 0.587. The maximum absolute atomic E-state index is 12.4. The molecule has 0 aliphatic carbocycles. The average molecular weight is 267 g/mol. The Morgan fingerprint density at radius 1 is 1.28 bits per heavy atom. The normalized spacial score (nSPS) is 15.2. The summed E-state index contributed by atoms with van der Waals surface area (Å²) in [4.78, 5) is 9.50. The van der Waals surface area contributed by atoms with E-state index < -0.39 is 36.1 Å². The number of nitrogens with zero attached hydrogens (tertiary/aromatic N) is 3. The molecule has 1 rings (SSSR count). The minimum absolute atomic E-state index is 0.246. The van der Waals surface area contributed by atoms with Crippen molar-refractivity contribution >= 4 is 11.9 Å². The Balaban J connectivity index is 2.88. The van der Waals surface area contributed by atoms with Gasteiger partial charge in [-0.1, -0.05) is 0 Å². The lowest BCUT2D eigenvalue weighted by Gasteiger charge is -2.20. The second kappa shape index (κ2) is 4.90. The van der Waals surface area contributed by atoms with Gasteiger partial charge in [0, 0.05) is 6.54 Å². The van der Waals surface area contributed by atoms with Crippen molar-refractivity contribution in [2.75, 3.05) is 24.2 Å². The third-order valence-corrected chi connectivity index (χ3v) is 1.87. The van der Waals surface area contributed by atoms with E-state index in [9.17, 15) is 18.3 Å². The Labute approximate surface area is 99.9 Å². The molecule has 1 aromatic heterocycles. The van der Waals surface area contributed by atoms with E-state index in [4.69, 9.17) is 10.8 Å². The van der Waals surface area contributed by atoms with E-state index >= 15 is 0 Å². The lowest BCUT2D eigenvalue weighted by atomic mass is 10.1. The first-order chi connectivity index (χ1) is 8.14. The van der Waals surface area contributed by atoms with Crippen LogP contribution >= 0.6 is 0 Å². The zero-order valence-electron chi connectivity index (χ0n) is 9.36. The Morgan fingerprint density at radius 3 is 2.39 bits per heavy atom. The van der Waals surface area contributed by atoms with Crippen molar-refractivity contribution in [3.63, 3.8) is 0 Å². The van der Waals surface area contributed by atoms with Crippen LogP contribution in [-0.4, -0.2) is 43.9 Å². The summed E-state index contributed by atoms with van der Waals surface area (Å²) in [5.41, 5.74) is 3.60. The Morgan fingerprint density at radius 2 is 1.89 bits per heavy atom. The lowest BCUT2D eigenvalue weighted by Crippen LogP contribution is -2.37. The van der Waals surface area contributed by atoms with Crippen LogP contribution < -0.4 is 11.1 Å². The molecule has 1 atom stereocenters. The second-order valence-corrected chi connectivity index (χ2v) is 3.85. The van der Waals surface area contributed by atoms with Crippen LogP contribution in [0.1, 0.15) is 12.7 Å². The Hall–Kier alpha value is -1.68. The summed E-state index contributed by atoms with van der Waals surface area (Å²) < 4.78 is 37.1. The molecule has 10 heteroatoms. The monoisotopic (exact) mass is 267 g/mol. The summed E-state index contributed by atoms with van der Waals surface area (Å²) in [7, 11) is 0. The number of nitrogens with two attached hydrogens (primary N) is 1. The number of anilines is 2. The molecule has 7 nitrogen and oxygen atoms in total. The van der Waals surface area contributed by atoms with Crippen LogP contribution in [0.3, 0.4) is 0 Å². The smallest absolute Gasteiger partial charge is 0.393 e. The number of nitrogen functional groups attached to an aromatic ring is 1. The number of alkyl halides is 3. The molecule has 0 fully saturated rings. The number of hydrogen-bond acceptors (Lipinski definition) is 7. The van der Waals surface area contributed by atoms with Gasteiger partial charge in [-0.15, -0.1) is 0 Å². The second-order valence-electron chi connectivity index (χ2n) is 3.85. The summed E-state index contributed by atoms with van der Waals surface area (Å²) in [5.74, 6) is -2.45. The first-order valence-electron chi connectivity index (χ1n) is 4.80. The molecule has 0 bridgehead atoms. The molecule has 0 aliphatic rings. The fraction of sp³-hybridized carbons (Fsp3) is 0.625. The van der Waals surface area contributed by atoms with Crippen molar-refractivity contribution in [2.24, 2.45) is 0 Å². The van der Waals surface area contributed by atoms with Gasteiger partial charge in [0.2, 0.25) is 17.7 Å². The van der Waals surface area contributed by atoms with Gasteiger partial charge in [0.25, 0.3) is 0 Å². The number of halogens is 3. The first-order valence-corrected chi connectivity index (χ1v) is 4.80. The molecule has 0 amide bonds. The third-order valence-electron chi connectivity index (χ3n) is 1.87. The number of rotatable bonds is 4. The molecule has 5 N–H and O–H groups in total. The largest absolute Gasteiger partial charge is 0.451 e. The van der Waals surface area contributed by atoms with E-state index in [2.05, 4.69) is 20.3 Å². The van der Waals surface area contributed by atoms with Crippen LogP contribution in [0.25, 0.3) is 0 Å². The highest BCUT2D eigenvalue weighted by atomic mass is 19.4. The van der Waals surface area contributed by atoms with Crippen LogP contribution in [-0.2, 0) is 6.18 Å². The molecule has 0 aliphatic heterocycles. The molecule has 1 aromatic rings. The van der Waals surface area contributed by atoms with E-state index in [0.29, 0.717) is 0 Å². The Bertz CT molecular complexity index is 424. The molecule has 0 aromatic carbocycles. The summed E-state index contributed by atoms with van der Waals surface area (Å²) in [6.07, 6.45) is -4.74. The van der Waals surface area contributed by atoms with Gasteiger partial charge in [0.15, 0.2) is 0 Å². The van der Waals surface area contributed by atoms with Gasteiger partial charge in [0.05, 0.1) is 6.61 Å². The number of aliphatic hydroxyl groups is 2. The van der Waals surface area contributed by atoms with Crippen molar-refractivity contribution in [3.8, 4) is 0 Å². The van der Waals surface area contributed by atoms with E-state index in [1.165, 1.54) is 6.92 Å². The van der Waals surface area contributed by atoms with Gasteiger partial charge >= 0.3 is 6.18 Å². The van der Waals surface area contributed by atoms with Crippen LogP contribution in [0, 0.1) is 0 Å². The summed E-state index contributed by atoms with van der Waals surface area (Å²) >= 11 is 0. The molecule has 0 saturated carbocycles. The number of hydrogen-bond donors (Lipinski definition) is 4. The molecule has 0 radical (unpaired) electrons. The lowest BCUT2D eigenvalue weighted by molar-refractivity contribution is -0.144. The van der Waals surface area contributed by atoms with Gasteiger partial charge in [0.1, 0.15) is 5.60 Å². The fourth-order valence-corrected chi connectivity index (χ4v) is 0.924. The standard InChI is InChI=1S/C8H12F3N5O2/c1-7(18,3-17)2-13-6-15-4(8(9,10)11)14-5(12)16-6/h17-18H,2-3H2,1H3,(H3,12,13,14,15,16). The predicted octanol–water partition coefficient (Wildman–Crippen LogP) is -0.372. The van der Waals surface area contributed by atoms with Crippen molar-refractivity contribution in [1.82, 2.24) is 15.0 Å². The maximum Gasteiger partial charge on any atom is 0.451 e. The van der Waals surface area contributed by atoms with E-state index in [-0.39, 0.29) is 6.54 Å². The number of nitrogens with one attached hydrogen (secondary N) is 1.